The van der Waals surface area contributed by atoms with Crippen LogP contribution in [0.4, 0.5) is 10.5 Å². The first kappa shape index (κ1) is 19.4. The van der Waals surface area contributed by atoms with Crippen LogP contribution in [0.1, 0.15) is 37.3 Å². The molecule has 0 bridgehead atoms. The highest BCUT2D eigenvalue weighted by Crippen LogP contribution is 2.25. The lowest BCUT2D eigenvalue weighted by Gasteiger charge is -2.19. The number of aliphatic imine (C=N–C) groups is 1. The second-order valence-corrected chi connectivity index (χ2v) is 6.62. The molecule has 2 aromatic carbocycles. The van der Waals surface area contributed by atoms with Gasteiger partial charge in [0.2, 0.25) is 6.17 Å². The van der Waals surface area contributed by atoms with Gasteiger partial charge in [0.15, 0.2) is 0 Å². The minimum atomic E-state index is -1.02. The van der Waals surface area contributed by atoms with Gasteiger partial charge in [-0.2, -0.15) is 0 Å². The van der Waals surface area contributed by atoms with Gasteiger partial charge in [-0.15, -0.1) is 0 Å². The number of likely N-dealkylation sites (N-methyl/N-ethyl adjacent to an activating group) is 1. The van der Waals surface area contributed by atoms with Gasteiger partial charge in [0, 0.05) is 24.7 Å². The number of nitrogens with one attached hydrogen (secondary N) is 2. The summed E-state index contributed by atoms with van der Waals surface area (Å²) < 4.78 is 0. The van der Waals surface area contributed by atoms with Crippen molar-refractivity contribution in [2.75, 3.05) is 18.5 Å². The summed E-state index contributed by atoms with van der Waals surface area (Å²) in [6, 6.07) is 18.7. The number of carbonyl (C=O) groups is 2. The number of hydrogen-bond donors (Lipinski definition) is 2. The average Bonchev–Trinajstić information content (AvgIpc) is 2.83. The van der Waals surface area contributed by atoms with Crippen molar-refractivity contribution in [2.24, 2.45) is 4.99 Å². The van der Waals surface area contributed by atoms with E-state index in [-0.39, 0.29) is 5.91 Å². The normalized spacial score (nSPS) is 15.8. The van der Waals surface area contributed by atoms with Crippen LogP contribution in [0.5, 0.6) is 0 Å². The summed E-state index contributed by atoms with van der Waals surface area (Å²) in [5.74, 6) is -0.327. The molecule has 1 unspecified atom stereocenters. The maximum atomic E-state index is 12.9. The Bertz CT molecular complexity index is 864. The maximum Gasteiger partial charge on any atom is 0.316 e. The molecule has 1 atom stereocenters. The van der Waals surface area contributed by atoms with E-state index in [1.54, 1.807) is 13.1 Å². The van der Waals surface area contributed by atoms with Crippen LogP contribution in [0.3, 0.4) is 0 Å². The Hall–Kier alpha value is -3.33. The number of unbranched alkanes of at least 4 members (excludes halogenated alkanes) is 2. The van der Waals surface area contributed by atoms with Gasteiger partial charge >= 0.3 is 6.03 Å². The van der Waals surface area contributed by atoms with E-state index in [1.807, 2.05) is 36.4 Å². The molecule has 1 aliphatic rings. The molecule has 0 saturated carbocycles. The highest BCUT2D eigenvalue weighted by atomic mass is 16.2. The molecule has 2 N–H and O–H groups in total. The van der Waals surface area contributed by atoms with Crippen LogP contribution in [0, 0.1) is 12.1 Å². The first-order chi connectivity index (χ1) is 13.6. The van der Waals surface area contributed by atoms with Crippen LogP contribution >= 0.6 is 0 Å². The zero-order chi connectivity index (χ0) is 19.9. The number of fused-ring (bicyclic) bond motifs is 1. The lowest BCUT2D eigenvalue weighted by atomic mass is 10.0. The number of anilines is 1. The Morgan fingerprint density at radius 1 is 1.21 bits per heavy atom. The van der Waals surface area contributed by atoms with Crippen molar-refractivity contribution < 1.29 is 9.59 Å². The van der Waals surface area contributed by atoms with Gasteiger partial charge in [-0.05, 0) is 24.6 Å². The van der Waals surface area contributed by atoms with Crippen LogP contribution in [0.25, 0.3) is 0 Å². The van der Waals surface area contributed by atoms with E-state index in [0.29, 0.717) is 17.9 Å². The van der Waals surface area contributed by atoms with Gasteiger partial charge in [-0.1, -0.05) is 56.2 Å². The number of carbonyl (C=O) groups excluding carboxylic acids is 2. The van der Waals surface area contributed by atoms with E-state index >= 15 is 0 Å². The summed E-state index contributed by atoms with van der Waals surface area (Å²) >= 11 is 0. The SMILES string of the molecule is CCCCCNC(=O)NC1N=C(c2ccccc2)c2ccc#cc2N(C)C1=O. The second-order valence-electron chi connectivity index (χ2n) is 6.62. The van der Waals surface area contributed by atoms with E-state index < -0.39 is 12.2 Å². The molecule has 0 spiro atoms. The van der Waals surface area contributed by atoms with E-state index in [9.17, 15) is 9.59 Å². The fourth-order valence-corrected chi connectivity index (χ4v) is 3.06. The van der Waals surface area contributed by atoms with E-state index in [2.05, 4.69) is 34.7 Å². The number of rotatable bonds is 6. The minimum absolute atomic E-state index is 0.327. The van der Waals surface area contributed by atoms with Crippen molar-refractivity contribution >= 4 is 23.3 Å². The van der Waals surface area contributed by atoms with Crippen molar-refractivity contribution in [3.8, 4) is 0 Å². The lowest BCUT2D eigenvalue weighted by molar-refractivity contribution is -0.119. The fourth-order valence-electron chi connectivity index (χ4n) is 3.06. The summed E-state index contributed by atoms with van der Waals surface area (Å²) in [5.41, 5.74) is 2.85. The number of amides is 3. The van der Waals surface area contributed by atoms with Crippen LogP contribution in [0.2, 0.25) is 0 Å². The molecule has 0 aromatic heterocycles. The largest absolute Gasteiger partial charge is 0.338 e. The third-order valence-corrected chi connectivity index (χ3v) is 4.57. The predicted octanol–water partition coefficient (Wildman–Crippen LogP) is 2.92. The molecule has 2 aromatic rings. The summed E-state index contributed by atoms with van der Waals surface area (Å²) in [4.78, 5) is 31.3. The van der Waals surface area contributed by atoms with Crippen LogP contribution < -0.4 is 15.5 Å². The number of urea groups is 1. The van der Waals surface area contributed by atoms with Crippen molar-refractivity contribution in [1.82, 2.24) is 10.6 Å². The average molecular weight is 376 g/mol. The smallest absolute Gasteiger partial charge is 0.316 e. The number of hydrogen-bond acceptors (Lipinski definition) is 3. The molecule has 1 aliphatic heterocycles. The quantitative estimate of drug-likeness (QED) is 0.761. The van der Waals surface area contributed by atoms with E-state index in [1.165, 1.54) is 4.90 Å². The molecular weight excluding hydrogens is 352 g/mol. The Morgan fingerprint density at radius 2 is 2.00 bits per heavy atom. The van der Waals surface area contributed by atoms with Crippen molar-refractivity contribution in [3.05, 3.63) is 65.7 Å². The molecule has 3 amide bonds. The number of benzene rings is 1. The summed E-state index contributed by atoms with van der Waals surface area (Å²) in [6.45, 7) is 2.67. The molecule has 1 heterocycles. The number of nitrogens with zero attached hydrogens (tertiary/aromatic N) is 2. The van der Waals surface area contributed by atoms with Gasteiger partial charge in [0.1, 0.15) is 5.69 Å². The molecular formula is C22H24N4O2. The fraction of sp³-hybridized carbons (Fsp3) is 0.318. The molecule has 144 valence electrons. The Balaban J connectivity index is 1.91. The molecule has 3 rings (SSSR count). The van der Waals surface area contributed by atoms with Gasteiger partial charge in [0.05, 0.1) is 5.71 Å². The minimum Gasteiger partial charge on any atom is -0.338 e. The van der Waals surface area contributed by atoms with Crippen molar-refractivity contribution in [3.63, 3.8) is 0 Å². The van der Waals surface area contributed by atoms with Crippen molar-refractivity contribution in [2.45, 2.75) is 32.4 Å². The zero-order valence-corrected chi connectivity index (χ0v) is 16.2. The van der Waals surface area contributed by atoms with Crippen molar-refractivity contribution in [1.29, 1.82) is 0 Å². The second kappa shape index (κ2) is 9.05. The van der Waals surface area contributed by atoms with Crippen LogP contribution in [0.15, 0.2) is 47.5 Å². The topological polar surface area (TPSA) is 73.8 Å². The summed E-state index contributed by atoms with van der Waals surface area (Å²) in [5, 5.41) is 5.49. The zero-order valence-electron chi connectivity index (χ0n) is 16.2. The Morgan fingerprint density at radius 3 is 2.75 bits per heavy atom. The van der Waals surface area contributed by atoms with Crippen LogP contribution in [-0.4, -0.2) is 37.4 Å². The molecule has 6 heteroatoms. The van der Waals surface area contributed by atoms with Crippen LogP contribution in [-0.2, 0) is 4.79 Å². The predicted molar refractivity (Wildman–Crippen MR) is 109 cm³/mol. The highest BCUT2D eigenvalue weighted by Gasteiger charge is 2.31. The van der Waals surface area contributed by atoms with Gasteiger partial charge < -0.3 is 15.5 Å². The van der Waals surface area contributed by atoms with Gasteiger partial charge in [0.25, 0.3) is 5.91 Å². The Kier molecular flexibility index (Phi) is 6.28. The third kappa shape index (κ3) is 4.32. The van der Waals surface area contributed by atoms with Gasteiger partial charge in [-0.3, -0.25) is 4.79 Å². The summed E-state index contributed by atoms with van der Waals surface area (Å²) in [6.07, 6.45) is 2.00. The van der Waals surface area contributed by atoms with Gasteiger partial charge in [-0.25, -0.2) is 9.79 Å². The standard InChI is InChI=1S/C22H24N4O2/c1-3-4-10-15-23-22(28)25-20-21(27)26(2)18-14-9-8-13-17(18)19(24-20)16-11-6-5-7-12-16/h5-8,11-13,20H,3-4,10,15H2,1-2H3,(H2,23,25,28). The first-order valence-corrected chi connectivity index (χ1v) is 9.49. The molecule has 28 heavy (non-hydrogen) atoms. The van der Waals surface area contributed by atoms with E-state index in [0.717, 1.165) is 30.4 Å². The molecule has 6 nitrogen and oxygen atoms in total. The third-order valence-electron chi connectivity index (χ3n) is 4.57. The molecule has 0 fully saturated rings. The molecule has 0 aliphatic carbocycles. The van der Waals surface area contributed by atoms with E-state index in [4.69, 9.17) is 0 Å². The summed E-state index contributed by atoms with van der Waals surface area (Å²) in [7, 11) is 1.66. The molecule has 0 radical (unpaired) electrons. The Labute approximate surface area is 165 Å². The first-order valence-electron chi connectivity index (χ1n) is 9.49. The molecule has 0 saturated heterocycles. The monoisotopic (exact) mass is 376 g/mol. The lowest BCUT2D eigenvalue weighted by Crippen LogP contribution is -2.49. The highest BCUT2D eigenvalue weighted by molar-refractivity contribution is 6.20. The maximum absolute atomic E-state index is 12.9.